The second-order valence-electron chi connectivity index (χ2n) is 5.56. The van der Waals surface area contributed by atoms with E-state index in [2.05, 4.69) is 12.2 Å². The van der Waals surface area contributed by atoms with Gasteiger partial charge in [0, 0.05) is 0 Å². The van der Waals surface area contributed by atoms with Crippen LogP contribution in [0, 0.1) is 17.8 Å². The maximum absolute atomic E-state index is 11.4. The Morgan fingerprint density at radius 1 is 0.941 bits per heavy atom. The van der Waals surface area contributed by atoms with Gasteiger partial charge in [-0.15, -0.1) is 0 Å². The van der Waals surface area contributed by atoms with E-state index in [9.17, 15) is 4.79 Å². The van der Waals surface area contributed by atoms with Crippen molar-refractivity contribution >= 4 is 5.97 Å². The van der Waals surface area contributed by atoms with Crippen molar-refractivity contribution in [2.45, 2.75) is 51.4 Å². The van der Waals surface area contributed by atoms with E-state index >= 15 is 0 Å². The molecule has 2 rings (SSSR count). The summed E-state index contributed by atoms with van der Waals surface area (Å²) in [5, 5.41) is 0. The van der Waals surface area contributed by atoms with Crippen LogP contribution in [-0.2, 0) is 9.53 Å². The highest BCUT2D eigenvalue weighted by molar-refractivity contribution is 5.72. The number of rotatable bonds is 3. The largest absolute Gasteiger partial charge is 0.469 e. The molecule has 0 aliphatic heterocycles. The second-order valence-corrected chi connectivity index (χ2v) is 5.56. The average molecular weight is 236 g/mol. The third-order valence-electron chi connectivity index (χ3n) is 4.36. The summed E-state index contributed by atoms with van der Waals surface area (Å²) in [6.07, 6.45) is 14.8. The van der Waals surface area contributed by atoms with Crippen LogP contribution in [0.3, 0.4) is 0 Å². The molecule has 0 aromatic heterocycles. The molecule has 0 aromatic carbocycles. The lowest BCUT2D eigenvalue weighted by Crippen LogP contribution is -2.22. The molecule has 0 aromatic rings. The summed E-state index contributed by atoms with van der Waals surface area (Å²) in [4.78, 5) is 11.4. The number of carbonyl (C=O) groups excluding carboxylic acids is 1. The van der Waals surface area contributed by atoms with Gasteiger partial charge in [-0.3, -0.25) is 4.79 Å². The summed E-state index contributed by atoms with van der Waals surface area (Å²) in [6.45, 7) is 0. The van der Waals surface area contributed by atoms with Gasteiger partial charge in [-0.25, -0.2) is 0 Å². The molecule has 96 valence electrons. The Bertz CT molecular complexity index is 269. The predicted molar refractivity (Wildman–Crippen MR) is 68.6 cm³/mol. The van der Waals surface area contributed by atoms with Crippen molar-refractivity contribution in [2.24, 2.45) is 17.8 Å². The number of ether oxygens (including phenoxy) is 1. The Kier molecular flexibility index (Phi) is 4.64. The van der Waals surface area contributed by atoms with Gasteiger partial charge in [0.05, 0.1) is 13.0 Å². The van der Waals surface area contributed by atoms with E-state index in [0.29, 0.717) is 5.92 Å². The minimum Gasteiger partial charge on any atom is -0.469 e. The Morgan fingerprint density at radius 3 is 2.00 bits per heavy atom. The maximum atomic E-state index is 11.4. The molecule has 17 heavy (non-hydrogen) atoms. The van der Waals surface area contributed by atoms with Gasteiger partial charge >= 0.3 is 5.97 Å². The zero-order valence-corrected chi connectivity index (χ0v) is 10.9. The molecule has 0 unspecified atom stereocenters. The zero-order chi connectivity index (χ0) is 12.1. The zero-order valence-electron chi connectivity index (χ0n) is 10.9. The molecule has 0 heterocycles. The van der Waals surface area contributed by atoms with Crippen LogP contribution in [0.25, 0.3) is 0 Å². The van der Waals surface area contributed by atoms with Gasteiger partial charge in [0.15, 0.2) is 0 Å². The molecule has 2 aliphatic carbocycles. The molecule has 0 amide bonds. The molecule has 2 saturated carbocycles. The molecule has 2 nitrogen and oxygen atoms in total. The number of methoxy groups -OCH3 is 1. The van der Waals surface area contributed by atoms with E-state index in [0.717, 1.165) is 31.6 Å². The van der Waals surface area contributed by atoms with Crippen molar-refractivity contribution in [2.75, 3.05) is 7.11 Å². The number of allylic oxidation sites excluding steroid dienone is 2. The van der Waals surface area contributed by atoms with E-state index in [1.165, 1.54) is 32.8 Å². The summed E-state index contributed by atoms with van der Waals surface area (Å²) < 4.78 is 4.81. The van der Waals surface area contributed by atoms with Crippen LogP contribution in [0.1, 0.15) is 51.4 Å². The first-order valence-corrected chi connectivity index (χ1v) is 7.05. The molecule has 0 spiro atoms. The lowest BCUT2D eigenvalue weighted by atomic mass is 9.81. The van der Waals surface area contributed by atoms with Gasteiger partial charge in [0.1, 0.15) is 0 Å². The van der Waals surface area contributed by atoms with E-state index in [1.54, 1.807) is 0 Å². The maximum Gasteiger partial charge on any atom is 0.308 e. The quantitative estimate of drug-likeness (QED) is 0.551. The van der Waals surface area contributed by atoms with E-state index in [-0.39, 0.29) is 11.9 Å². The molecule has 2 fully saturated rings. The summed E-state index contributed by atoms with van der Waals surface area (Å²) >= 11 is 0. The van der Waals surface area contributed by atoms with Crippen LogP contribution >= 0.6 is 0 Å². The monoisotopic (exact) mass is 236 g/mol. The smallest absolute Gasteiger partial charge is 0.308 e. The fraction of sp³-hybridized carbons (Fsp3) is 0.800. The first-order chi connectivity index (χ1) is 8.29. The third-order valence-corrected chi connectivity index (χ3v) is 4.36. The van der Waals surface area contributed by atoms with E-state index in [4.69, 9.17) is 4.74 Å². The number of hydrogen-bond acceptors (Lipinski definition) is 2. The summed E-state index contributed by atoms with van der Waals surface area (Å²) in [5.41, 5.74) is 0. The van der Waals surface area contributed by atoms with Crippen molar-refractivity contribution in [3.05, 3.63) is 12.2 Å². The molecule has 0 N–H and O–H groups in total. The normalized spacial score (nSPS) is 30.9. The SMILES string of the molecule is COC(=O)C1CCC(/C=C/C2CCCC2)CC1. The van der Waals surface area contributed by atoms with Crippen LogP contribution in [-0.4, -0.2) is 13.1 Å². The van der Waals surface area contributed by atoms with E-state index in [1.807, 2.05) is 0 Å². The van der Waals surface area contributed by atoms with Gasteiger partial charge in [0.2, 0.25) is 0 Å². The first kappa shape index (κ1) is 12.7. The Morgan fingerprint density at radius 2 is 1.47 bits per heavy atom. The molecule has 2 aliphatic rings. The fourth-order valence-electron chi connectivity index (χ4n) is 3.18. The van der Waals surface area contributed by atoms with Crippen LogP contribution in [0.15, 0.2) is 12.2 Å². The molecule has 0 saturated heterocycles. The average Bonchev–Trinajstić information content (AvgIpc) is 2.89. The lowest BCUT2D eigenvalue weighted by Gasteiger charge is -2.25. The minimum absolute atomic E-state index is 0.0109. The van der Waals surface area contributed by atoms with Crippen molar-refractivity contribution in [3.63, 3.8) is 0 Å². The minimum atomic E-state index is -0.0109. The highest BCUT2D eigenvalue weighted by Crippen LogP contribution is 2.32. The first-order valence-electron chi connectivity index (χ1n) is 7.05. The lowest BCUT2D eigenvalue weighted by molar-refractivity contribution is -0.146. The van der Waals surface area contributed by atoms with Crippen LogP contribution < -0.4 is 0 Å². The van der Waals surface area contributed by atoms with Crippen LogP contribution in [0.5, 0.6) is 0 Å². The topological polar surface area (TPSA) is 26.3 Å². The Hall–Kier alpha value is -0.790. The molecule has 0 atom stereocenters. The fourth-order valence-corrected chi connectivity index (χ4v) is 3.18. The van der Waals surface area contributed by atoms with Gasteiger partial charge in [-0.1, -0.05) is 25.0 Å². The Balaban J connectivity index is 1.73. The second kappa shape index (κ2) is 6.23. The molecule has 0 radical (unpaired) electrons. The highest BCUT2D eigenvalue weighted by atomic mass is 16.5. The summed E-state index contributed by atoms with van der Waals surface area (Å²) in [7, 11) is 1.49. The molecule has 0 bridgehead atoms. The van der Waals surface area contributed by atoms with Gasteiger partial charge in [0.25, 0.3) is 0 Å². The third kappa shape index (κ3) is 3.58. The van der Waals surface area contributed by atoms with Gasteiger partial charge < -0.3 is 4.74 Å². The van der Waals surface area contributed by atoms with Crippen molar-refractivity contribution in [1.82, 2.24) is 0 Å². The van der Waals surface area contributed by atoms with Gasteiger partial charge in [-0.2, -0.15) is 0 Å². The van der Waals surface area contributed by atoms with Crippen molar-refractivity contribution in [1.29, 1.82) is 0 Å². The number of hydrogen-bond donors (Lipinski definition) is 0. The summed E-state index contributed by atoms with van der Waals surface area (Å²) in [6, 6.07) is 0. The van der Waals surface area contributed by atoms with Crippen molar-refractivity contribution < 1.29 is 9.53 Å². The van der Waals surface area contributed by atoms with Crippen LogP contribution in [0.2, 0.25) is 0 Å². The van der Waals surface area contributed by atoms with Gasteiger partial charge in [-0.05, 0) is 50.4 Å². The standard InChI is InChI=1S/C15H24O2/c1-17-15(16)14-10-8-13(9-11-14)7-6-12-4-2-3-5-12/h6-7,12-14H,2-5,8-11H2,1H3/b7-6+. The summed E-state index contributed by atoms with van der Waals surface area (Å²) in [5.74, 6) is 1.70. The predicted octanol–water partition coefficient (Wildman–Crippen LogP) is 3.71. The molecular formula is C15H24O2. The number of esters is 1. The molecule has 2 heteroatoms. The van der Waals surface area contributed by atoms with E-state index < -0.39 is 0 Å². The Labute approximate surface area is 104 Å². The van der Waals surface area contributed by atoms with Crippen molar-refractivity contribution in [3.8, 4) is 0 Å². The highest BCUT2D eigenvalue weighted by Gasteiger charge is 2.25. The van der Waals surface area contributed by atoms with Crippen LogP contribution in [0.4, 0.5) is 0 Å². The number of carbonyl (C=O) groups is 1. The molecular weight excluding hydrogens is 212 g/mol.